The highest BCUT2D eigenvalue weighted by Crippen LogP contribution is 2.46. The molecule has 0 aliphatic heterocycles. The molecular weight excluding hydrogens is 755 g/mol. The van der Waals surface area contributed by atoms with Crippen molar-refractivity contribution in [2.24, 2.45) is 0 Å². The maximum absolute atomic E-state index is 5.46. The number of hydrogen-bond donors (Lipinski definition) is 0. The molecule has 0 saturated carbocycles. The standard InChI is InChI=1S/C57H37N5/c1-5-19-38(20-6-1)42-27-17-29-44(35-42)56-58-55(41-25-11-4-12-26-41)59-57(60-56)62-51-34-16-14-32-47(51)52-48(40-23-9-3-10-24-40)37-49-46-31-13-15-33-50(46)61(53(49)54(52)62)45-30-18-28-43(36-45)39-21-7-2-8-22-39/h1-37H. The highest BCUT2D eigenvalue weighted by molar-refractivity contribution is 6.28. The summed E-state index contributed by atoms with van der Waals surface area (Å²) in [6.07, 6.45) is 0. The van der Waals surface area contributed by atoms with Gasteiger partial charge in [-0.05, 0) is 69.8 Å². The smallest absolute Gasteiger partial charge is 0.238 e. The number of aromatic nitrogens is 5. The molecule has 290 valence electrons. The molecule has 0 amide bonds. The van der Waals surface area contributed by atoms with Crippen LogP contribution in [0.1, 0.15) is 0 Å². The van der Waals surface area contributed by atoms with Crippen molar-refractivity contribution < 1.29 is 0 Å². The van der Waals surface area contributed by atoms with Gasteiger partial charge in [-0.3, -0.25) is 4.57 Å². The van der Waals surface area contributed by atoms with Gasteiger partial charge in [0.05, 0.1) is 22.1 Å². The number of hydrogen-bond acceptors (Lipinski definition) is 3. The first-order valence-corrected chi connectivity index (χ1v) is 21.0. The molecule has 5 heteroatoms. The Hall–Kier alpha value is -8.41. The first-order chi connectivity index (χ1) is 30.8. The number of fused-ring (bicyclic) bond motifs is 7. The van der Waals surface area contributed by atoms with E-state index in [2.05, 4.69) is 209 Å². The molecule has 12 rings (SSSR count). The van der Waals surface area contributed by atoms with Gasteiger partial charge in [0.2, 0.25) is 5.95 Å². The van der Waals surface area contributed by atoms with Crippen molar-refractivity contribution >= 4 is 43.6 Å². The molecule has 3 aromatic heterocycles. The van der Waals surface area contributed by atoms with Crippen LogP contribution in [0.3, 0.4) is 0 Å². The van der Waals surface area contributed by atoms with Gasteiger partial charge < -0.3 is 4.57 Å². The van der Waals surface area contributed by atoms with Crippen molar-refractivity contribution in [3.8, 4) is 67.8 Å². The van der Waals surface area contributed by atoms with E-state index in [1.807, 2.05) is 24.3 Å². The third-order valence-corrected chi connectivity index (χ3v) is 12.0. The van der Waals surface area contributed by atoms with Crippen molar-refractivity contribution in [1.29, 1.82) is 0 Å². The number of nitrogens with zero attached hydrogens (tertiary/aromatic N) is 5. The highest BCUT2D eigenvalue weighted by atomic mass is 15.2. The van der Waals surface area contributed by atoms with E-state index in [1.165, 1.54) is 10.9 Å². The minimum atomic E-state index is 0.548. The molecule has 0 atom stereocenters. The van der Waals surface area contributed by atoms with Crippen LogP contribution in [0, 0.1) is 0 Å². The van der Waals surface area contributed by atoms with E-state index < -0.39 is 0 Å². The maximum atomic E-state index is 5.46. The second kappa shape index (κ2) is 14.7. The van der Waals surface area contributed by atoms with E-state index in [-0.39, 0.29) is 0 Å². The molecule has 9 aromatic carbocycles. The van der Waals surface area contributed by atoms with E-state index in [1.54, 1.807) is 0 Å². The topological polar surface area (TPSA) is 48.5 Å². The minimum Gasteiger partial charge on any atom is -0.307 e. The van der Waals surface area contributed by atoms with Crippen LogP contribution in [0.25, 0.3) is 111 Å². The van der Waals surface area contributed by atoms with Crippen LogP contribution in [0.4, 0.5) is 0 Å². The van der Waals surface area contributed by atoms with Crippen molar-refractivity contribution in [3.05, 3.63) is 224 Å². The number of rotatable bonds is 7. The monoisotopic (exact) mass is 791 g/mol. The Balaban J connectivity index is 1.24. The molecule has 62 heavy (non-hydrogen) atoms. The van der Waals surface area contributed by atoms with Gasteiger partial charge in [0.25, 0.3) is 0 Å². The molecule has 0 radical (unpaired) electrons. The Morgan fingerprint density at radius 2 is 0.774 bits per heavy atom. The van der Waals surface area contributed by atoms with Gasteiger partial charge in [-0.1, -0.05) is 188 Å². The Morgan fingerprint density at radius 3 is 1.44 bits per heavy atom. The lowest BCUT2D eigenvalue weighted by Crippen LogP contribution is -2.07. The summed E-state index contributed by atoms with van der Waals surface area (Å²) in [7, 11) is 0. The average molecular weight is 792 g/mol. The maximum Gasteiger partial charge on any atom is 0.238 e. The lowest BCUT2D eigenvalue weighted by molar-refractivity contribution is 0.953. The van der Waals surface area contributed by atoms with E-state index >= 15 is 0 Å². The van der Waals surface area contributed by atoms with E-state index in [0.29, 0.717) is 17.6 Å². The Morgan fingerprint density at radius 1 is 0.290 bits per heavy atom. The summed E-state index contributed by atoms with van der Waals surface area (Å²) in [6.45, 7) is 0. The van der Waals surface area contributed by atoms with Crippen LogP contribution in [0.2, 0.25) is 0 Å². The third-order valence-electron chi connectivity index (χ3n) is 12.0. The van der Waals surface area contributed by atoms with Gasteiger partial charge >= 0.3 is 0 Å². The van der Waals surface area contributed by atoms with Crippen LogP contribution in [-0.2, 0) is 0 Å². The molecule has 0 N–H and O–H groups in total. The van der Waals surface area contributed by atoms with Crippen LogP contribution >= 0.6 is 0 Å². The Kier molecular flexibility index (Phi) is 8.42. The summed E-state index contributed by atoms with van der Waals surface area (Å²) in [5, 5.41) is 4.57. The van der Waals surface area contributed by atoms with Gasteiger partial charge in [-0.25, -0.2) is 4.98 Å². The van der Waals surface area contributed by atoms with Gasteiger partial charge in [0.15, 0.2) is 11.6 Å². The molecule has 0 aliphatic rings. The first kappa shape index (κ1) is 35.5. The van der Waals surface area contributed by atoms with E-state index in [4.69, 9.17) is 15.0 Å². The molecule has 0 aliphatic carbocycles. The van der Waals surface area contributed by atoms with E-state index in [0.717, 1.165) is 82.9 Å². The summed E-state index contributed by atoms with van der Waals surface area (Å²) in [4.78, 5) is 16.1. The molecule has 0 unspecified atom stereocenters. The molecule has 0 spiro atoms. The lowest BCUT2D eigenvalue weighted by Gasteiger charge is -2.15. The van der Waals surface area contributed by atoms with Gasteiger partial charge in [0.1, 0.15) is 0 Å². The number of benzene rings is 9. The minimum absolute atomic E-state index is 0.548. The zero-order chi connectivity index (χ0) is 41.0. The summed E-state index contributed by atoms with van der Waals surface area (Å²) in [5.74, 6) is 1.75. The summed E-state index contributed by atoms with van der Waals surface area (Å²) >= 11 is 0. The quantitative estimate of drug-likeness (QED) is 0.162. The Bertz CT molecular complexity index is 3610. The third kappa shape index (κ3) is 5.90. The molecule has 0 fully saturated rings. The van der Waals surface area contributed by atoms with Gasteiger partial charge in [-0.15, -0.1) is 0 Å². The van der Waals surface area contributed by atoms with Crippen molar-refractivity contribution in [3.63, 3.8) is 0 Å². The second-order valence-corrected chi connectivity index (χ2v) is 15.6. The van der Waals surface area contributed by atoms with Crippen LogP contribution in [0.15, 0.2) is 224 Å². The SMILES string of the molecule is c1ccc(-c2cccc(-c3nc(-c4ccccc4)nc(-n4c5ccccc5c5c(-c6ccccc6)cc6c7ccccc7n(-c7cccc(-c8ccccc8)c7)c6c54)n3)c2)cc1. The fourth-order valence-corrected chi connectivity index (χ4v) is 9.15. The lowest BCUT2D eigenvalue weighted by atomic mass is 9.96. The van der Waals surface area contributed by atoms with Gasteiger partial charge in [0, 0.05) is 38.4 Å². The molecule has 5 nitrogen and oxygen atoms in total. The van der Waals surface area contributed by atoms with Crippen molar-refractivity contribution in [2.45, 2.75) is 0 Å². The fourth-order valence-electron chi connectivity index (χ4n) is 9.15. The predicted molar refractivity (Wildman–Crippen MR) is 256 cm³/mol. The van der Waals surface area contributed by atoms with Gasteiger partial charge in [-0.2, -0.15) is 9.97 Å². The predicted octanol–water partition coefficient (Wildman–Crippen LogP) is 14.4. The van der Waals surface area contributed by atoms with E-state index in [9.17, 15) is 0 Å². The molecule has 12 aromatic rings. The molecule has 0 bridgehead atoms. The fraction of sp³-hybridized carbons (Fsp3) is 0. The molecule has 0 saturated heterocycles. The first-order valence-electron chi connectivity index (χ1n) is 21.0. The van der Waals surface area contributed by atoms with Crippen LogP contribution in [-0.4, -0.2) is 24.1 Å². The summed E-state index contributed by atoms with van der Waals surface area (Å²) < 4.78 is 4.72. The zero-order valence-corrected chi connectivity index (χ0v) is 33.6. The summed E-state index contributed by atoms with van der Waals surface area (Å²) in [6, 6.07) is 79.2. The number of para-hydroxylation sites is 2. The second-order valence-electron chi connectivity index (χ2n) is 15.6. The summed E-state index contributed by atoms with van der Waals surface area (Å²) in [5.41, 5.74) is 14.0. The normalized spacial score (nSPS) is 11.5. The molecular formula is C57H37N5. The van der Waals surface area contributed by atoms with Crippen molar-refractivity contribution in [2.75, 3.05) is 0 Å². The van der Waals surface area contributed by atoms with Crippen LogP contribution < -0.4 is 0 Å². The average Bonchev–Trinajstić information content (AvgIpc) is 3.88. The van der Waals surface area contributed by atoms with Crippen molar-refractivity contribution in [1.82, 2.24) is 24.1 Å². The Labute approximate surface area is 358 Å². The molecule has 3 heterocycles. The van der Waals surface area contributed by atoms with Crippen LogP contribution in [0.5, 0.6) is 0 Å². The zero-order valence-electron chi connectivity index (χ0n) is 33.6. The largest absolute Gasteiger partial charge is 0.307 e. The highest BCUT2D eigenvalue weighted by Gasteiger charge is 2.26.